The summed E-state index contributed by atoms with van der Waals surface area (Å²) >= 11 is 5.27. The van der Waals surface area contributed by atoms with Crippen molar-refractivity contribution in [3.8, 4) is 0 Å². The van der Waals surface area contributed by atoms with E-state index in [4.69, 9.17) is 21.1 Å². The fourth-order valence-electron chi connectivity index (χ4n) is 14.0. The molecule has 0 spiro atoms. The summed E-state index contributed by atoms with van der Waals surface area (Å²) in [5.41, 5.74) is 0.514. The van der Waals surface area contributed by atoms with E-state index in [0.29, 0.717) is 77.5 Å². The van der Waals surface area contributed by atoms with Gasteiger partial charge in [-0.15, -0.1) is 11.6 Å². The van der Waals surface area contributed by atoms with Crippen LogP contribution in [0.3, 0.4) is 0 Å². The molecule has 3 amide bonds. The van der Waals surface area contributed by atoms with E-state index in [2.05, 4.69) is 88.6 Å². The SMILES string of the molecule is CCCCCCCCCCCCCCCCCC(=O)NCCCN(C)C.CCCCCCCCCCCCCCCCCC(=O)NCCC[N+](C)(C)CC(C[N+](C)(C)CCCNC(=O)CCCCCCCCCCCCCCCCC)OC(=O)c1ccccc1C(=O)[O-].ClCC1CO1.O=C1OC(=O)c2ccccc21.[Cl-]. The summed E-state index contributed by atoms with van der Waals surface area (Å²) in [6, 6.07) is 12.6. The van der Waals surface area contributed by atoms with Crippen LogP contribution in [0.15, 0.2) is 48.5 Å². The van der Waals surface area contributed by atoms with Gasteiger partial charge in [-0.05, 0) is 64.5 Å². The Kier molecular flexibility index (Phi) is 69.0. The van der Waals surface area contributed by atoms with Crippen LogP contribution in [0, 0.1) is 0 Å². The molecule has 3 N–H and O–H groups in total. The van der Waals surface area contributed by atoms with Crippen molar-refractivity contribution in [2.75, 3.05) is 107 Å². The van der Waals surface area contributed by atoms with Crippen LogP contribution in [0.2, 0.25) is 0 Å². The van der Waals surface area contributed by atoms with Gasteiger partial charge in [-0.2, -0.15) is 0 Å². The number of likely N-dealkylation sites (N-methyl/N-ethyl adjacent to an activating group) is 2. The number of rotatable bonds is 68. The number of halogens is 2. The predicted molar refractivity (Wildman–Crippen MR) is 450 cm³/mol. The van der Waals surface area contributed by atoms with Crippen LogP contribution < -0.4 is 33.5 Å². The molecule has 0 aromatic heterocycles. The van der Waals surface area contributed by atoms with E-state index >= 15 is 0 Å². The molecule has 2 aromatic carbocycles. The number of nitrogens with one attached hydrogen (secondary N) is 3. The number of unbranched alkanes of at least 4 members (excludes halogenated alkanes) is 42. The van der Waals surface area contributed by atoms with Gasteiger partial charge in [0.2, 0.25) is 17.7 Å². The van der Waals surface area contributed by atoms with Gasteiger partial charge in [-0.1, -0.05) is 321 Å². The Labute approximate surface area is 682 Å². The fourth-order valence-corrected chi connectivity index (χ4v) is 14.2. The summed E-state index contributed by atoms with van der Waals surface area (Å²) in [7, 11) is 12.5. The minimum atomic E-state index is -1.42. The highest BCUT2D eigenvalue weighted by Crippen LogP contribution is 2.22. The van der Waals surface area contributed by atoms with Gasteiger partial charge in [0.15, 0.2) is 6.10 Å². The van der Waals surface area contributed by atoms with Gasteiger partial charge in [0.1, 0.15) is 13.1 Å². The Bertz CT molecular complexity index is 2500. The molecule has 0 saturated carbocycles. The highest BCUT2D eigenvalue weighted by Gasteiger charge is 2.33. The van der Waals surface area contributed by atoms with Crippen LogP contribution in [0.25, 0.3) is 0 Å². The lowest BCUT2D eigenvalue weighted by Crippen LogP contribution is -3.00. The number of carboxylic acids is 1. The third kappa shape index (κ3) is 63.7. The number of carboxylic acid groups (broad SMARTS) is 1. The second-order valence-electron chi connectivity index (χ2n) is 32.9. The first-order chi connectivity index (χ1) is 52.7. The second kappa shape index (κ2) is 72.1. The summed E-state index contributed by atoms with van der Waals surface area (Å²) in [5, 5.41) is 21.1. The summed E-state index contributed by atoms with van der Waals surface area (Å²) in [5.74, 6) is -2.08. The maximum absolute atomic E-state index is 13.5. The number of fused-ring (bicyclic) bond motifs is 1. The van der Waals surface area contributed by atoms with E-state index in [1.165, 1.54) is 269 Å². The van der Waals surface area contributed by atoms with Crippen molar-refractivity contribution < 1.29 is 74.3 Å². The number of nitrogens with zero attached hydrogens (tertiary/aromatic N) is 3. The monoisotopic (exact) mass is 1590 g/mol. The van der Waals surface area contributed by atoms with Gasteiger partial charge in [0, 0.05) is 57.3 Å². The van der Waals surface area contributed by atoms with E-state index in [1.54, 1.807) is 36.4 Å². The maximum Gasteiger partial charge on any atom is 0.346 e. The molecule has 110 heavy (non-hydrogen) atoms. The van der Waals surface area contributed by atoms with Crippen molar-refractivity contribution in [3.63, 3.8) is 0 Å². The number of carbonyl (C=O) groups excluding carboxylic acids is 7. The average molecular weight is 1590 g/mol. The lowest BCUT2D eigenvalue weighted by atomic mass is 10.0. The lowest BCUT2D eigenvalue weighted by molar-refractivity contribution is -0.914. The highest BCUT2D eigenvalue weighted by molar-refractivity contribution is 6.18. The Morgan fingerprint density at radius 1 is 0.445 bits per heavy atom. The molecule has 0 radical (unpaired) electrons. The maximum atomic E-state index is 13.5. The topological polar surface area (TPSA) is 213 Å². The molecule has 636 valence electrons. The normalized spacial score (nSPS) is 12.9. The molecular weight excluding hydrogens is 1420 g/mol. The Hall–Kier alpha value is -4.65. The van der Waals surface area contributed by atoms with Gasteiger partial charge >= 0.3 is 17.9 Å². The number of epoxide rings is 1. The smallest absolute Gasteiger partial charge is 0.346 e. The molecule has 1 atom stereocenters. The zero-order valence-electron chi connectivity index (χ0n) is 71.5. The molecule has 1 saturated heterocycles. The molecule has 2 aliphatic rings. The van der Waals surface area contributed by atoms with Crippen LogP contribution in [-0.4, -0.2) is 175 Å². The largest absolute Gasteiger partial charge is 1.00 e. The minimum Gasteiger partial charge on any atom is -1.00 e. The highest BCUT2D eigenvalue weighted by atomic mass is 35.5. The molecule has 4 rings (SSSR count). The van der Waals surface area contributed by atoms with E-state index in [-0.39, 0.29) is 41.3 Å². The number of carbonyl (C=O) groups is 7. The van der Waals surface area contributed by atoms with Gasteiger partial charge in [-0.25, -0.2) is 14.4 Å². The van der Waals surface area contributed by atoms with Crippen LogP contribution in [0.1, 0.15) is 390 Å². The zero-order valence-corrected chi connectivity index (χ0v) is 73.0. The fraction of sp³-hybridized carbons (Fsp3) is 0.791. The number of hydrogen-bond acceptors (Lipinski definition) is 12. The van der Waals surface area contributed by atoms with Crippen LogP contribution in [0.5, 0.6) is 0 Å². The summed E-state index contributed by atoms with van der Waals surface area (Å²) in [6.07, 6.45) is 64.0. The molecule has 0 aliphatic carbocycles. The van der Waals surface area contributed by atoms with Crippen LogP contribution in [-0.2, 0) is 28.6 Å². The minimum absolute atomic E-state index is 0. The van der Waals surface area contributed by atoms with E-state index in [1.807, 2.05) is 0 Å². The number of alkyl halides is 1. The number of ether oxygens (including phenoxy) is 3. The Morgan fingerprint density at radius 2 is 0.718 bits per heavy atom. The van der Waals surface area contributed by atoms with Gasteiger partial charge in [0.25, 0.3) is 0 Å². The second-order valence-corrected chi connectivity index (χ2v) is 33.2. The number of aromatic carboxylic acids is 1. The lowest BCUT2D eigenvalue weighted by Gasteiger charge is -2.37. The first kappa shape index (κ1) is 105. The molecule has 1 fully saturated rings. The third-order valence-electron chi connectivity index (χ3n) is 20.8. The Morgan fingerprint density at radius 3 is 0.982 bits per heavy atom. The number of quaternary nitrogens is 2. The zero-order chi connectivity index (χ0) is 80.1. The number of hydrogen-bond donors (Lipinski definition) is 3. The van der Waals surface area contributed by atoms with Crippen molar-refractivity contribution in [2.45, 2.75) is 360 Å². The standard InChI is InChI=1S/C57H104N4O6.C23H48N2O.C8H4O3.C3H5ClO.ClH/c1-7-9-11-13-15-17-19-21-23-25-27-29-31-33-35-43-54(62)58-45-39-47-60(3,4)49-51(67-57(66)53-42-38-37-41-52(53)56(64)65)50-61(5,6)48-40-46-59-55(63)44-36-34-32-30-28-26-24-22-20-18-16-14-12-10-8-2;1-4-5-6-7-8-9-10-11-12-13-14-15-16-17-18-20-23(26)24-21-19-22-25(2)3;9-7-5-3-1-2-4-6(5)8(10)11-7;4-1-3-2-5-3;/h37-38,41-42,51H,7-36,39-40,43-50H2,1-6H3,(H-2,58,59,62,63,64,65);4-22H2,1-3H3,(H,24,26);1-4H;3H,1-2H2;1H. The quantitative estimate of drug-likeness (QED) is 0.0141. The molecule has 1 unspecified atom stereocenters. The van der Waals surface area contributed by atoms with Gasteiger partial charge in [0.05, 0.1) is 82.5 Å². The van der Waals surface area contributed by atoms with Crippen molar-refractivity contribution in [1.82, 2.24) is 20.9 Å². The van der Waals surface area contributed by atoms with Crippen molar-refractivity contribution >= 4 is 53.2 Å². The number of cyclic esters (lactones) is 2. The molecule has 2 heterocycles. The van der Waals surface area contributed by atoms with Crippen molar-refractivity contribution in [1.29, 1.82) is 0 Å². The molecular formula is C91H162Cl2N6O11. The number of benzene rings is 2. The van der Waals surface area contributed by atoms with Crippen LogP contribution >= 0.6 is 11.6 Å². The van der Waals surface area contributed by atoms with Crippen LogP contribution in [0.4, 0.5) is 0 Å². The van der Waals surface area contributed by atoms with E-state index in [0.717, 1.165) is 84.2 Å². The van der Waals surface area contributed by atoms with Gasteiger partial charge < -0.3 is 66.3 Å². The van der Waals surface area contributed by atoms with Crippen molar-refractivity contribution in [2.24, 2.45) is 0 Å². The van der Waals surface area contributed by atoms with E-state index < -0.39 is 30.0 Å². The summed E-state index contributed by atoms with van der Waals surface area (Å²) in [4.78, 5) is 86.1. The third-order valence-corrected chi connectivity index (χ3v) is 21.2. The number of amides is 3. The summed E-state index contributed by atoms with van der Waals surface area (Å²) in [6.45, 7) is 13.3. The first-order valence-electron chi connectivity index (χ1n) is 44.3. The van der Waals surface area contributed by atoms with Crippen molar-refractivity contribution in [3.05, 3.63) is 70.8 Å². The Balaban J connectivity index is 0.00000221. The molecule has 2 aliphatic heterocycles. The molecule has 0 bridgehead atoms. The molecule has 2 aromatic rings. The average Bonchev–Trinajstić information content (AvgIpc) is 1.40. The molecule has 19 heteroatoms. The molecule has 17 nitrogen and oxygen atoms in total. The number of esters is 3. The summed E-state index contributed by atoms with van der Waals surface area (Å²) < 4.78 is 16.3. The first-order valence-corrected chi connectivity index (χ1v) is 44.9. The predicted octanol–water partition coefficient (Wildman–Crippen LogP) is 17.2. The van der Waals surface area contributed by atoms with E-state index in [9.17, 15) is 38.7 Å². The van der Waals surface area contributed by atoms with Gasteiger partial charge in [-0.3, -0.25) is 14.4 Å².